The largest absolute Gasteiger partial charge is 0.382 e. The van der Waals surface area contributed by atoms with Crippen LogP contribution in [-0.2, 0) is 0 Å². The maximum absolute atomic E-state index is 12.4. The summed E-state index contributed by atoms with van der Waals surface area (Å²) in [6.07, 6.45) is 1.66. The van der Waals surface area contributed by atoms with Gasteiger partial charge in [0, 0.05) is 17.9 Å². The number of nitrogens with one attached hydrogen (secondary N) is 2. The van der Waals surface area contributed by atoms with Crippen molar-refractivity contribution in [3.63, 3.8) is 0 Å². The average Bonchev–Trinajstić information content (AvgIpc) is 2.42. The van der Waals surface area contributed by atoms with Gasteiger partial charge in [-0.15, -0.1) is 0 Å². The van der Waals surface area contributed by atoms with Gasteiger partial charge >= 0.3 is 0 Å². The number of halogens is 1. The van der Waals surface area contributed by atoms with E-state index in [0.717, 1.165) is 11.3 Å². The summed E-state index contributed by atoms with van der Waals surface area (Å²) in [6, 6.07) is 9.41. The molecule has 0 radical (unpaired) electrons. The molecule has 0 unspecified atom stereocenters. The van der Waals surface area contributed by atoms with E-state index in [-0.39, 0.29) is 17.1 Å². The lowest BCUT2D eigenvalue weighted by Gasteiger charge is -2.15. The first kappa shape index (κ1) is 15.3. The van der Waals surface area contributed by atoms with Gasteiger partial charge < -0.3 is 10.6 Å². The smallest absolute Gasteiger partial charge is 0.257 e. The molecule has 0 spiro atoms. The van der Waals surface area contributed by atoms with Crippen LogP contribution in [0.15, 0.2) is 36.5 Å². The number of para-hydroxylation sites is 1. The molecule has 0 aliphatic heterocycles. The standard InChI is InChI=1S/C16H18ClN3O/c1-10(2)19-13-7-5-4-6-12(13)16(21)20-14-8-11(3)9-18-15(14)17/h4-10,19H,1-3H3,(H,20,21). The Hall–Kier alpha value is -2.07. The number of rotatable bonds is 4. The third-order valence-corrected chi connectivity index (χ3v) is 3.14. The number of aromatic nitrogens is 1. The summed E-state index contributed by atoms with van der Waals surface area (Å²) in [5.41, 5.74) is 2.81. The molecule has 0 aliphatic rings. The second-order valence-corrected chi connectivity index (χ2v) is 5.51. The van der Waals surface area contributed by atoms with E-state index >= 15 is 0 Å². The number of anilines is 2. The van der Waals surface area contributed by atoms with Crippen molar-refractivity contribution in [3.8, 4) is 0 Å². The van der Waals surface area contributed by atoms with Gasteiger partial charge in [0.05, 0.1) is 11.3 Å². The average molecular weight is 304 g/mol. The molecule has 1 heterocycles. The number of nitrogens with zero attached hydrogens (tertiary/aromatic N) is 1. The van der Waals surface area contributed by atoms with Crippen LogP contribution < -0.4 is 10.6 Å². The number of carbonyl (C=O) groups excluding carboxylic acids is 1. The monoisotopic (exact) mass is 303 g/mol. The lowest BCUT2D eigenvalue weighted by Crippen LogP contribution is -2.18. The van der Waals surface area contributed by atoms with Crippen LogP contribution in [0.4, 0.5) is 11.4 Å². The van der Waals surface area contributed by atoms with Crippen LogP contribution >= 0.6 is 11.6 Å². The molecule has 0 atom stereocenters. The topological polar surface area (TPSA) is 54.0 Å². The summed E-state index contributed by atoms with van der Waals surface area (Å²) in [7, 11) is 0. The second kappa shape index (κ2) is 6.59. The van der Waals surface area contributed by atoms with Gasteiger partial charge in [0.15, 0.2) is 5.15 Å². The Labute approximate surface area is 129 Å². The molecular formula is C16H18ClN3O. The van der Waals surface area contributed by atoms with Gasteiger partial charge in [-0.25, -0.2) is 4.98 Å². The third kappa shape index (κ3) is 3.95. The van der Waals surface area contributed by atoms with Crippen LogP contribution in [0, 0.1) is 6.92 Å². The Morgan fingerprint density at radius 1 is 1.24 bits per heavy atom. The highest BCUT2D eigenvalue weighted by Crippen LogP contribution is 2.23. The van der Waals surface area contributed by atoms with Crippen LogP contribution in [-0.4, -0.2) is 16.9 Å². The van der Waals surface area contributed by atoms with Crippen LogP contribution in [0.25, 0.3) is 0 Å². The molecule has 2 aromatic rings. The Morgan fingerprint density at radius 3 is 2.67 bits per heavy atom. The molecular weight excluding hydrogens is 286 g/mol. The van der Waals surface area contributed by atoms with E-state index < -0.39 is 0 Å². The van der Waals surface area contributed by atoms with E-state index in [1.165, 1.54) is 0 Å². The number of aryl methyl sites for hydroxylation is 1. The lowest BCUT2D eigenvalue weighted by atomic mass is 10.1. The van der Waals surface area contributed by atoms with E-state index in [9.17, 15) is 4.79 Å². The molecule has 21 heavy (non-hydrogen) atoms. The molecule has 110 valence electrons. The minimum atomic E-state index is -0.215. The predicted octanol–water partition coefficient (Wildman–Crippen LogP) is 4.12. The van der Waals surface area contributed by atoms with Crippen LogP contribution in [0.5, 0.6) is 0 Å². The summed E-state index contributed by atoms with van der Waals surface area (Å²) < 4.78 is 0. The molecule has 0 aliphatic carbocycles. The SMILES string of the molecule is Cc1cnc(Cl)c(NC(=O)c2ccccc2NC(C)C)c1. The van der Waals surface area contributed by atoms with Crippen molar-refractivity contribution in [2.75, 3.05) is 10.6 Å². The fraction of sp³-hybridized carbons (Fsp3) is 0.250. The molecule has 5 heteroatoms. The van der Waals surface area contributed by atoms with Crippen LogP contribution in [0.3, 0.4) is 0 Å². The Morgan fingerprint density at radius 2 is 1.95 bits per heavy atom. The Kier molecular flexibility index (Phi) is 4.81. The Bertz CT molecular complexity index is 656. The molecule has 0 saturated carbocycles. The predicted molar refractivity (Wildman–Crippen MR) is 87.1 cm³/mol. The van der Waals surface area contributed by atoms with E-state index in [0.29, 0.717) is 11.3 Å². The first-order valence-corrected chi connectivity index (χ1v) is 7.14. The third-order valence-electron chi connectivity index (χ3n) is 2.84. The minimum absolute atomic E-state index is 0.215. The van der Waals surface area contributed by atoms with Gasteiger partial charge in [-0.3, -0.25) is 4.79 Å². The molecule has 2 N–H and O–H groups in total. The van der Waals surface area contributed by atoms with Gasteiger partial charge in [-0.2, -0.15) is 0 Å². The summed E-state index contributed by atoms with van der Waals surface area (Å²) in [4.78, 5) is 16.5. The summed E-state index contributed by atoms with van der Waals surface area (Å²) in [5, 5.41) is 6.34. The maximum Gasteiger partial charge on any atom is 0.257 e. The van der Waals surface area contributed by atoms with Crippen molar-refractivity contribution >= 4 is 28.9 Å². The summed E-state index contributed by atoms with van der Waals surface area (Å²) in [6.45, 7) is 5.94. The normalized spacial score (nSPS) is 10.5. The highest BCUT2D eigenvalue weighted by Gasteiger charge is 2.13. The van der Waals surface area contributed by atoms with Crippen molar-refractivity contribution in [1.82, 2.24) is 4.98 Å². The highest BCUT2D eigenvalue weighted by molar-refractivity contribution is 6.32. The Balaban J connectivity index is 2.26. The van der Waals surface area contributed by atoms with Gasteiger partial charge in [-0.05, 0) is 44.5 Å². The summed E-state index contributed by atoms with van der Waals surface area (Å²) >= 11 is 6.01. The minimum Gasteiger partial charge on any atom is -0.382 e. The molecule has 4 nitrogen and oxygen atoms in total. The first-order chi connectivity index (χ1) is 9.97. The van der Waals surface area contributed by atoms with Crippen molar-refractivity contribution in [2.45, 2.75) is 26.8 Å². The number of benzene rings is 1. The van der Waals surface area contributed by atoms with Crippen molar-refractivity contribution in [2.24, 2.45) is 0 Å². The van der Waals surface area contributed by atoms with E-state index in [1.54, 1.807) is 18.3 Å². The zero-order valence-electron chi connectivity index (χ0n) is 12.3. The van der Waals surface area contributed by atoms with Crippen molar-refractivity contribution in [3.05, 3.63) is 52.8 Å². The van der Waals surface area contributed by atoms with Crippen LogP contribution in [0.2, 0.25) is 5.15 Å². The van der Waals surface area contributed by atoms with Crippen LogP contribution in [0.1, 0.15) is 29.8 Å². The molecule has 0 fully saturated rings. The quantitative estimate of drug-likeness (QED) is 0.836. The van der Waals surface area contributed by atoms with Gasteiger partial charge in [-0.1, -0.05) is 23.7 Å². The fourth-order valence-electron chi connectivity index (χ4n) is 1.95. The second-order valence-electron chi connectivity index (χ2n) is 5.15. The molecule has 1 amide bonds. The molecule has 2 rings (SSSR count). The van der Waals surface area contributed by atoms with Gasteiger partial charge in [0.25, 0.3) is 5.91 Å². The van der Waals surface area contributed by atoms with E-state index in [2.05, 4.69) is 15.6 Å². The van der Waals surface area contributed by atoms with Crippen molar-refractivity contribution < 1.29 is 4.79 Å². The summed E-state index contributed by atoms with van der Waals surface area (Å²) in [5.74, 6) is -0.215. The van der Waals surface area contributed by atoms with E-state index in [1.807, 2.05) is 39.0 Å². The maximum atomic E-state index is 12.4. The lowest BCUT2D eigenvalue weighted by molar-refractivity contribution is 0.102. The molecule has 0 bridgehead atoms. The van der Waals surface area contributed by atoms with Gasteiger partial charge in [0.2, 0.25) is 0 Å². The van der Waals surface area contributed by atoms with Gasteiger partial charge in [0.1, 0.15) is 0 Å². The molecule has 1 aromatic carbocycles. The fourth-order valence-corrected chi connectivity index (χ4v) is 2.10. The number of hydrogen-bond donors (Lipinski definition) is 2. The zero-order valence-corrected chi connectivity index (χ0v) is 13.0. The number of amides is 1. The highest BCUT2D eigenvalue weighted by atomic mass is 35.5. The zero-order chi connectivity index (χ0) is 15.4. The number of carbonyl (C=O) groups is 1. The first-order valence-electron chi connectivity index (χ1n) is 6.76. The number of hydrogen-bond acceptors (Lipinski definition) is 3. The van der Waals surface area contributed by atoms with Crippen molar-refractivity contribution in [1.29, 1.82) is 0 Å². The number of pyridine rings is 1. The molecule has 0 saturated heterocycles. The van der Waals surface area contributed by atoms with E-state index in [4.69, 9.17) is 11.6 Å². The molecule has 1 aromatic heterocycles.